The zero-order valence-electron chi connectivity index (χ0n) is 15.3. The lowest BCUT2D eigenvalue weighted by atomic mass is 10.1. The van der Waals surface area contributed by atoms with E-state index in [2.05, 4.69) is 5.32 Å². The number of nitro benzene ring substituents is 1. The summed E-state index contributed by atoms with van der Waals surface area (Å²) in [6.07, 6.45) is 0.0403. The molecule has 1 aliphatic rings. The highest BCUT2D eigenvalue weighted by atomic mass is 35.5. The molecule has 1 heterocycles. The second-order valence-electron chi connectivity index (χ2n) is 6.49. The first-order chi connectivity index (χ1) is 13.3. The molecular weight excluding hydrogens is 386 g/mol. The summed E-state index contributed by atoms with van der Waals surface area (Å²) < 4.78 is 5.33. The van der Waals surface area contributed by atoms with E-state index in [-0.39, 0.29) is 41.2 Å². The van der Waals surface area contributed by atoms with Gasteiger partial charge in [0.15, 0.2) is 0 Å². The number of hydrogen-bond donors (Lipinski definition) is 1. The molecule has 1 N–H and O–H groups in total. The van der Waals surface area contributed by atoms with Crippen molar-refractivity contribution < 1.29 is 19.2 Å². The molecule has 1 aliphatic heterocycles. The van der Waals surface area contributed by atoms with E-state index in [1.807, 2.05) is 19.1 Å². The summed E-state index contributed by atoms with van der Waals surface area (Å²) in [5.74, 6) is -0.619. The molecule has 9 heteroatoms. The van der Waals surface area contributed by atoms with Crippen molar-refractivity contribution in [2.24, 2.45) is 5.92 Å². The Kier molecular flexibility index (Phi) is 5.51. The van der Waals surface area contributed by atoms with Crippen molar-refractivity contribution in [3.05, 3.63) is 57.1 Å². The standard InChI is InChI=1S/C19H18ClN3O5/c1-11-3-6-17(28-2)16(7-11)22-10-12(8-18(22)24)19(25)21-13-4-5-14(20)15(9-13)23(26)27/h3-7,9,12H,8,10H2,1-2H3,(H,21,25). The van der Waals surface area contributed by atoms with Gasteiger partial charge in [-0.3, -0.25) is 19.7 Å². The SMILES string of the molecule is COc1ccc(C)cc1N1CC(C(=O)Nc2ccc(Cl)c([N+](=O)[O-])c2)CC1=O. The highest BCUT2D eigenvalue weighted by Crippen LogP contribution is 2.34. The molecule has 1 unspecified atom stereocenters. The number of nitro groups is 1. The van der Waals surface area contributed by atoms with E-state index in [1.54, 1.807) is 6.07 Å². The molecule has 3 rings (SSSR count). The van der Waals surface area contributed by atoms with Crippen LogP contribution in [0.5, 0.6) is 5.75 Å². The van der Waals surface area contributed by atoms with E-state index < -0.39 is 10.8 Å². The number of hydrogen-bond acceptors (Lipinski definition) is 5. The molecule has 1 atom stereocenters. The number of halogens is 1. The average Bonchev–Trinajstić information content (AvgIpc) is 3.04. The third kappa shape index (κ3) is 3.91. The van der Waals surface area contributed by atoms with Gasteiger partial charge in [-0.05, 0) is 36.8 Å². The highest BCUT2D eigenvalue weighted by molar-refractivity contribution is 6.32. The summed E-state index contributed by atoms with van der Waals surface area (Å²) in [6.45, 7) is 2.10. The molecule has 2 aromatic rings. The zero-order chi connectivity index (χ0) is 20.4. The van der Waals surface area contributed by atoms with Crippen molar-refractivity contribution in [1.82, 2.24) is 0 Å². The lowest BCUT2D eigenvalue weighted by molar-refractivity contribution is -0.384. The first-order valence-electron chi connectivity index (χ1n) is 8.50. The minimum atomic E-state index is -0.622. The number of carbonyl (C=O) groups excluding carboxylic acids is 2. The number of methoxy groups -OCH3 is 1. The number of carbonyl (C=O) groups is 2. The Morgan fingerprint density at radius 2 is 2.07 bits per heavy atom. The minimum absolute atomic E-state index is 0.0169. The van der Waals surface area contributed by atoms with Gasteiger partial charge < -0.3 is 15.0 Å². The highest BCUT2D eigenvalue weighted by Gasteiger charge is 2.36. The van der Waals surface area contributed by atoms with Gasteiger partial charge in [0.25, 0.3) is 5.69 Å². The summed E-state index contributed by atoms with van der Waals surface area (Å²) in [5, 5.41) is 13.6. The quantitative estimate of drug-likeness (QED) is 0.607. The van der Waals surface area contributed by atoms with E-state index >= 15 is 0 Å². The maximum absolute atomic E-state index is 12.6. The maximum atomic E-state index is 12.6. The van der Waals surface area contributed by atoms with Crippen LogP contribution in [-0.2, 0) is 9.59 Å². The predicted octanol–water partition coefficient (Wildman–Crippen LogP) is 3.56. The molecule has 0 spiro atoms. The van der Waals surface area contributed by atoms with Crippen LogP contribution in [-0.4, -0.2) is 30.4 Å². The van der Waals surface area contributed by atoms with Gasteiger partial charge in [0.2, 0.25) is 11.8 Å². The molecule has 1 fully saturated rings. The number of ether oxygens (including phenoxy) is 1. The van der Waals surface area contributed by atoms with Crippen molar-refractivity contribution in [1.29, 1.82) is 0 Å². The van der Waals surface area contributed by atoms with Crippen LogP contribution in [0, 0.1) is 23.0 Å². The minimum Gasteiger partial charge on any atom is -0.495 e. The first-order valence-corrected chi connectivity index (χ1v) is 8.87. The summed E-state index contributed by atoms with van der Waals surface area (Å²) >= 11 is 5.78. The van der Waals surface area contributed by atoms with Crippen molar-refractivity contribution in [3.63, 3.8) is 0 Å². The fraction of sp³-hybridized carbons (Fsp3) is 0.263. The van der Waals surface area contributed by atoms with Gasteiger partial charge in [-0.25, -0.2) is 0 Å². The fourth-order valence-corrected chi connectivity index (χ4v) is 3.29. The Morgan fingerprint density at radius 1 is 1.32 bits per heavy atom. The van der Waals surface area contributed by atoms with Crippen LogP contribution in [0.2, 0.25) is 5.02 Å². The summed E-state index contributed by atoms with van der Waals surface area (Å²) in [4.78, 5) is 37.0. The Bertz CT molecular complexity index is 963. The third-order valence-corrected chi connectivity index (χ3v) is 4.85. The molecule has 2 amide bonds. The number of amides is 2. The molecule has 2 aromatic carbocycles. The van der Waals surface area contributed by atoms with Crippen LogP contribution in [0.25, 0.3) is 0 Å². The number of rotatable bonds is 5. The molecular formula is C19H18ClN3O5. The number of nitrogens with zero attached hydrogens (tertiary/aromatic N) is 2. The summed E-state index contributed by atoms with van der Waals surface area (Å²) in [5.41, 5.74) is 1.53. The van der Waals surface area contributed by atoms with Gasteiger partial charge in [-0.1, -0.05) is 17.7 Å². The molecule has 0 aliphatic carbocycles. The molecule has 0 saturated carbocycles. The van der Waals surface area contributed by atoms with Gasteiger partial charge in [-0.2, -0.15) is 0 Å². The molecule has 146 valence electrons. The van der Waals surface area contributed by atoms with Gasteiger partial charge in [0, 0.05) is 24.7 Å². The largest absolute Gasteiger partial charge is 0.495 e. The Balaban J connectivity index is 1.77. The predicted molar refractivity (Wildman–Crippen MR) is 105 cm³/mol. The third-order valence-electron chi connectivity index (χ3n) is 4.53. The smallest absolute Gasteiger partial charge is 0.289 e. The second-order valence-corrected chi connectivity index (χ2v) is 6.90. The zero-order valence-corrected chi connectivity index (χ0v) is 16.0. The van der Waals surface area contributed by atoms with Crippen LogP contribution >= 0.6 is 11.6 Å². The first kappa shape index (κ1) is 19.6. The number of benzene rings is 2. The van der Waals surface area contributed by atoms with E-state index in [1.165, 1.54) is 30.2 Å². The Labute approximate surface area is 166 Å². The van der Waals surface area contributed by atoms with Crippen molar-refractivity contribution in [2.75, 3.05) is 23.9 Å². The van der Waals surface area contributed by atoms with Crippen LogP contribution < -0.4 is 15.0 Å². The Morgan fingerprint density at radius 3 is 2.75 bits per heavy atom. The summed E-state index contributed by atoms with van der Waals surface area (Å²) in [7, 11) is 1.52. The monoisotopic (exact) mass is 403 g/mol. The van der Waals surface area contributed by atoms with Gasteiger partial charge in [0.1, 0.15) is 10.8 Å². The van der Waals surface area contributed by atoms with Gasteiger partial charge in [0.05, 0.1) is 23.6 Å². The molecule has 0 aromatic heterocycles. The van der Waals surface area contributed by atoms with Crippen molar-refractivity contribution in [2.45, 2.75) is 13.3 Å². The lowest BCUT2D eigenvalue weighted by Crippen LogP contribution is -2.28. The van der Waals surface area contributed by atoms with Crippen LogP contribution in [0.1, 0.15) is 12.0 Å². The number of nitrogens with one attached hydrogen (secondary N) is 1. The number of aryl methyl sites for hydroxylation is 1. The average molecular weight is 404 g/mol. The van der Waals surface area contributed by atoms with E-state index in [9.17, 15) is 19.7 Å². The topological polar surface area (TPSA) is 102 Å². The molecule has 0 radical (unpaired) electrons. The second kappa shape index (κ2) is 7.85. The van der Waals surface area contributed by atoms with Gasteiger partial charge in [-0.15, -0.1) is 0 Å². The van der Waals surface area contributed by atoms with Crippen LogP contribution in [0.4, 0.5) is 17.1 Å². The van der Waals surface area contributed by atoms with Crippen LogP contribution in [0.15, 0.2) is 36.4 Å². The van der Waals surface area contributed by atoms with E-state index in [0.29, 0.717) is 11.4 Å². The normalized spacial score (nSPS) is 16.2. The fourth-order valence-electron chi connectivity index (χ4n) is 3.10. The molecule has 1 saturated heterocycles. The molecule has 0 bridgehead atoms. The van der Waals surface area contributed by atoms with E-state index in [0.717, 1.165) is 5.56 Å². The van der Waals surface area contributed by atoms with Crippen LogP contribution in [0.3, 0.4) is 0 Å². The summed E-state index contributed by atoms with van der Waals surface area (Å²) in [6, 6.07) is 9.50. The van der Waals surface area contributed by atoms with Crippen molar-refractivity contribution >= 4 is 40.5 Å². The lowest BCUT2D eigenvalue weighted by Gasteiger charge is -2.20. The van der Waals surface area contributed by atoms with Crippen molar-refractivity contribution in [3.8, 4) is 5.75 Å². The van der Waals surface area contributed by atoms with E-state index in [4.69, 9.17) is 16.3 Å². The number of anilines is 2. The molecule has 8 nitrogen and oxygen atoms in total. The Hall–Kier alpha value is -3.13. The molecule has 28 heavy (non-hydrogen) atoms. The van der Waals surface area contributed by atoms with Gasteiger partial charge >= 0.3 is 0 Å². The maximum Gasteiger partial charge on any atom is 0.289 e.